The highest BCUT2D eigenvalue weighted by Crippen LogP contribution is 2.37. The SMILES string of the molecule is N#Cc1c(N)nc(SCc2ccccc2OC(F)F)c(C#N)c1-c1ccccc1. The largest absolute Gasteiger partial charge is 0.435 e. The van der Waals surface area contributed by atoms with Crippen molar-refractivity contribution >= 4 is 17.6 Å². The van der Waals surface area contributed by atoms with Crippen molar-refractivity contribution in [3.8, 4) is 29.0 Å². The normalized spacial score (nSPS) is 10.4. The van der Waals surface area contributed by atoms with Crippen molar-refractivity contribution in [1.29, 1.82) is 10.5 Å². The molecule has 3 rings (SSSR count). The van der Waals surface area contributed by atoms with Gasteiger partial charge in [0.1, 0.15) is 34.3 Å². The van der Waals surface area contributed by atoms with Crippen molar-refractivity contribution in [3.05, 3.63) is 71.3 Å². The molecule has 29 heavy (non-hydrogen) atoms. The summed E-state index contributed by atoms with van der Waals surface area (Å²) in [6.45, 7) is -2.94. The van der Waals surface area contributed by atoms with Crippen LogP contribution in [0.5, 0.6) is 5.75 Å². The van der Waals surface area contributed by atoms with E-state index in [1.54, 1.807) is 42.5 Å². The lowest BCUT2D eigenvalue weighted by Crippen LogP contribution is -2.05. The molecule has 2 N–H and O–H groups in total. The summed E-state index contributed by atoms with van der Waals surface area (Å²) in [4.78, 5) is 4.21. The first-order chi connectivity index (χ1) is 14.0. The molecule has 0 aliphatic heterocycles. The molecule has 0 fully saturated rings. The Morgan fingerprint density at radius 3 is 2.31 bits per heavy atom. The number of nitrogens with zero attached hydrogens (tertiary/aromatic N) is 3. The van der Waals surface area contributed by atoms with E-state index in [1.165, 1.54) is 6.07 Å². The van der Waals surface area contributed by atoms with Crippen molar-refractivity contribution in [2.45, 2.75) is 17.4 Å². The Kier molecular flexibility index (Phi) is 6.28. The maximum Gasteiger partial charge on any atom is 0.387 e. The minimum Gasteiger partial charge on any atom is -0.435 e. The van der Waals surface area contributed by atoms with Gasteiger partial charge in [0, 0.05) is 16.9 Å². The van der Waals surface area contributed by atoms with Gasteiger partial charge in [-0.15, -0.1) is 11.8 Å². The lowest BCUT2D eigenvalue weighted by atomic mass is 9.97. The van der Waals surface area contributed by atoms with Gasteiger partial charge in [-0.1, -0.05) is 48.5 Å². The maximum atomic E-state index is 12.6. The lowest BCUT2D eigenvalue weighted by molar-refractivity contribution is -0.0503. The highest BCUT2D eigenvalue weighted by Gasteiger charge is 2.21. The number of hydrogen-bond acceptors (Lipinski definition) is 6. The van der Waals surface area contributed by atoms with Crippen LogP contribution in [-0.4, -0.2) is 11.6 Å². The highest BCUT2D eigenvalue weighted by atomic mass is 32.2. The molecule has 0 spiro atoms. The van der Waals surface area contributed by atoms with Crippen molar-refractivity contribution in [2.75, 3.05) is 5.73 Å². The number of rotatable bonds is 6. The average molecular weight is 408 g/mol. The monoisotopic (exact) mass is 408 g/mol. The Balaban J connectivity index is 2.03. The number of benzene rings is 2. The van der Waals surface area contributed by atoms with Crippen LogP contribution in [0.4, 0.5) is 14.6 Å². The van der Waals surface area contributed by atoms with Crippen LogP contribution in [0.2, 0.25) is 0 Å². The van der Waals surface area contributed by atoms with Crippen LogP contribution in [0.25, 0.3) is 11.1 Å². The van der Waals surface area contributed by atoms with E-state index < -0.39 is 6.61 Å². The van der Waals surface area contributed by atoms with Crippen LogP contribution in [0, 0.1) is 22.7 Å². The van der Waals surface area contributed by atoms with Crippen LogP contribution in [-0.2, 0) is 5.75 Å². The Morgan fingerprint density at radius 2 is 1.66 bits per heavy atom. The van der Waals surface area contributed by atoms with E-state index in [0.29, 0.717) is 21.7 Å². The van der Waals surface area contributed by atoms with E-state index >= 15 is 0 Å². The number of anilines is 1. The predicted octanol–water partition coefficient (Wildman–Crippen LogP) is 4.97. The predicted molar refractivity (Wildman–Crippen MR) is 106 cm³/mol. The number of nitriles is 2. The molecule has 0 saturated heterocycles. The fourth-order valence-corrected chi connectivity index (χ4v) is 3.76. The van der Waals surface area contributed by atoms with Gasteiger partial charge in [0.15, 0.2) is 0 Å². The van der Waals surface area contributed by atoms with Crippen LogP contribution < -0.4 is 10.5 Å². The summed E-state index contributed by atoms with van der Waals surface area (Å²) in [6, 6.07) is 19.5. The van der Waals surface area contributed by atoms with Gasteiger partial charge in [-0.05, 0) is 11.6 Å². The number of thioether (sulfide) groups is 1. The summed E-state index contributed by atoms with van der Waals surface area (Å²) < 4.78 is 29.8. The minimum absolute atomic E-state index is 0.00460. The van der Waals surface area contributed by atoms with Gasteiger partial charge >= 0.3 is 6.61 Å². The topological polar surface area (TPSA) is 95.7 Å². The zero-order valence-corrected chi connectivity index (χ0v) is 15.8. The van der Waals surface area contributed by atoms with E-state index in [4.69, 9.17) is 5.73 Å². The van der Waals surface area contributed by atoms with Crippen molar-refractivity contribution in [3.63, 3.8) is 0 Å². The van der Waals surface area contributed by atoms with Gasteiger partial charge in [-0.2, -0.15) is 19.3 Å². The number of aromatic nitrogens is 1. The van der Waals surface area contributed by atoms with Crippen LogP contribution in [0.15, 0.2) is 59.6 Å². The second kappa shape index (κ2) is 9.05. The van der Waals surface area contributed by atoms with Gasteiger partial charge in [-0.3, -0.25) is 0 Å². The molecule has 3 aromatic rings. The van der Waals surface area contributed by atoms with Gasteiger partial charge in [-0.25, -0.2) is 4.98 Å². The van der Waals surface area contributed by atoms with Crippen molar-refractivity contribution < 1.29 is 13.5 Å². The third-order valence-electron chi connectivity index (χ3n) is 4.03. The molecule has 0 radical (unpaired) electrons. The average Bonchev–Trinajstić information content (AvgIpc) is 2.72. The number of ether oxygens (including phenoxy) is 1. The van der Waals surface area contributed by atoms with E-state index in [0.717, 1.165) is 11.8 Å². The molecule has 1 aromatic heterocycles. The Bertz CT molecular complexity index is 1110. The van der Waals surface area contributed by atoms with Crippen molar-refractivity contribution in [1.82, 2.24) is 4.98 Å². The number of hydrogen-bond donors (Lipinski definition) is 1. The lowest BCUT2D eigenvalue weighted by Gasteiger charge is -2.14. The maximum absolute atomic E-state index is 12.6. The second-order valence-electron chi connectivity index (χ2n) is 5.79. The molecule has 0 saturated carbocycles. The number of halogens is 2. The standard InChI is InChI=1S/C21H14F2N4OS/c22-21(23)28-17-9-5-4-8-14(17)12-29-20-16(11-25)18(13-6-2-1-3-7-13)15(10-24)19(26)27-20/h1-9,21H,12H2,(H2,26,27). The summed E-state index contributed by atoms with van der Waals surface area (Å²) in [5.74, 6) is 0.285. The van der Waals surface area contributed by atoms with Gasteiger partial charge < -0.3 is 10.5 Å². The Morgan fingerprint density at radius 1 is 1.00 bits per heavy atom. The highest BCUT2D eigenvalue weighted by molar-refractivity contribution is 7.98. The molecule has 1 heterocycles. The summed E-state index contributed by atoms with van der Waals surface area (Å²) in [6.07, 6.45) is 0. The minimum atomic E-state index is -2.94. The molecule has 0 unspecified atom stereocenters. The smallest absolute Gasteiger partial charge is 0.387 e. The number of pyridine rings is 1. The van der Waals surface area contributed by atoms with Crippen molar-refractivity contribution in [2.24, 2.45) is 0 Å². The number of nitrogens with two attached hydrogens (primary N) is 1. The van der Waals surface area contributed by atoms with Crippen LogP contribution >= 0.6 is 11.8 Å². The van der Waals surface area contributed by atoms with Gasteiger partial charge in [0.25, 0.3) is 0 Å². The van der Waals surface area contributed by atoms with Gasteiger partial charge in [0.2, 0.25) is 0 Å². The molecule has 0 bridgehead atoms. The first kappa shape index (κ1) is 20.1. The summed E-state index contributed by atoms with van der Waals surface area (Å²) >= 11 is 1.16. The quantitative estimate of drug-likeness (QED) is 0.579. The number of alkyl halides is 2. The summed E-state index contributed by atoms with van der Waals surface area (Å²) in [5, 5.41) is 19.6. The first-order valence-electron chi connectivity index (χ1n) is 8.39. The fourth-order valence-electron chi connectivity index (χ4n) is 2.78. The van der Waals surface area contributed by atoms with Gasteiger partial charge in [0.05, 0.1) is 5.56 Å². The zero-order chi connectivity index (χ0) is 20.8. The molecule has 8 heteroatoms. The third-order valence-corrected chi connectivity index (χ3v) is 5.06. The molecule has 0 aliphatic carbocycles. The molecular weight excluding hydrogens is 394 g/mol. The second-order valence-corrected chi connectivity index (χ2v) is 6.76. The number of para-hydroxylation sites is 1. The summed E-state index contributed by atoms with van der Waals surface area (Å²) in [7, 11) is 0. The molecule has 144 valence electrons. The molecule has 2 aromatic carbocycles. The Labute approximate surface area is 170 Å². The van der Waals surface area contributed by atoms with E-state index in [9.17, 15) is 19.3 Å². The molecule has 5 nitrogen and oxygen atoms in total. The molecule has 0 atom stereocenters. The molecular formula is C21H14F2N4OS. The zero-order valence-electron chi connectivity index (χ0n) is 15.0. The first-order valence-corrected chi connectivity index (χ1v) is 9.38. The van der Waals surface area contributed by atoms with E-state index in [1.807, 2.05) is 12.1 Å². The third kappa shape index (κ3) is 4.45. The molecule has 0 amide bonds. The summed E-state index contributed by atoms with van der Waals surface area (Å²) in [5.41, 5.74) is 7.90. The molecule has 0 aliphatic rings. The fraction of sp³-hybridized carbons (Fsp3) is 0.0952. The van der Waals surface area contributed by atoms with E-state index in [-0.39, 0.29) is 28.4 Å². The Hall–Kier alpha value is -3.62. The van der Waals surface area contributed by atoms with Crippen LogP contribution in [0.3, 0.4) is 0 Å². The number of nitrogen functional groups attached to an aromatic ring is 1. The van der Waals surface area contributed by atoms with E-state index in [2.05, 4.69) is 15.8 Å². The van der Waals surface area contributed by atoms with Crippen LogP contribution in [0.1, 0.15) is 16.7 Å².